The normalized spacial score (nSPS) is 10.3. The van der Waals surface area contributed by atoms with Crippen LogP contribution in [0.15, 0.2) is 18.2 Å². The van der Waals surface area contributed by atoms with Gasteiger partial charge in [0.15, 0.2) is 11.5 Å². The molecule has 0 aliphatic carbocycles. The number of hydrogen-bond acceptors (Lipinski definition) is 4. The molecule has 1 aromatic rings. The Hall–Kier alpha value is -2.04. The van der Waals surface area contributed by atoms with Crippen LogP contribution in [0.4, 0.5) is 0 Å². The zero-order valence-corrected chi connectivity index (χ0v) is 13.3. The van der Waals surface area contributed by atoms with Gasteiger partial charge in [0, 0.05) is 6.42 Å². The molecule has 0 unspecified atom stereocenters. The van der Waals surface area contributed by atoms with Crippen molar-refractivity contribution in [2.24, 2.45) is 0 Å². The number of Topliss-reactive ketones (excluding diaryl/α,β-unsaturated/α-hetero) is 1. The Balaban J connectivity index is 2.19. The predicted molar refractivity (Wildman–Crippen MR) is 83.6 cm³/mol. The van der Waals surface area contributed by atoms with Gasteiger partial charge in [0.25, 0.3) is 0 Å². The topological polar surface area (TPSA) is 72.8 Å². The van der Waals surface area contributed by atoms with Gasteiger partial charge in [-0.05, 0) is 37.0 Å². The van der Waals surface area contributed by atoms with E-state index in [-0.39, 0.29) is 6.42 Å². The Bertz CT molecular complexity index is 496. The SMILES string of the molecule is COc1ccc(CCCCCCCC(=O)C(=O)O)cc1OC. The van der Waals surface area contributed by atoms with Crippen LogP contribution in [-0.4, -0.2) is 31.1 Å². The van der Waals surface area contributed by atoms with Crippen molar-refractivity contribution in [3.05, 3.63) is 23.8 Å². The van der Waals surface area contributed by atoms with Crippen LogP contribution in [0.1, 0.15) is 44.1 Å². The van der Waals surface area contributed by atoms with Gasteiger partial charge in [0.05, 0.1) is 14.2 Å². The number of methoxy groups -OCH3 is 2. The summed E-state index contributed by atoms with van der Waals surface area (Å²) in [6.45, 7) is 0. The number of rotatable bonds is 11. The minimum atomic E-state index is -1.33. The van der Waals surface area contributed by atoms with Crippen LogP contribution < -0.4 is 9.47 Å². The van der Waals surface area contributed by atoms with Crippen LogP contribution in [0.2, 0.25) is 0 Å². The lowest BCUT2D eigenvalue weighted by Crippen LogP contribution is -2.11. The second-order valence-corrected chi connectivity index (χ2v) is 5.19. The lowest BCUT2D eigenvalue weighted by atomic mass is 10.0. The fraction of sp³-hybridized carbons (Fsp3) is 0.529. The molecule has 0 aliphatic rings. The van der Waals surface area contributed by atoms with E-state index < -0.39 is 11.8 Å². The van der Waals surface area contributed by atoms with Gasteiger partial charge in [-0.2, -0.15) is 0 Å². The van der Waals surface area contributed by atoms with Gasteiger partial charge in [0.2, 0.25) is 5.78 Å². The molecule has 0 radical (unpaired) electrons. The molecule has 1 rings (SSSR count). The summed E-state index contributed by atoms with van der Waals surface area (Å²) in [5, 5.41) is 8.46. The van der Waals surface area contributed by atoms with Crippen molar-refractivity contribution in [2.75, 3.05) is 14.2 Å². The molecule has 0 atom stereocenters. The number of carboxylic acids is 1. The van der Waals surface area contributed by atoms with Gasteiger partial charge in [-0.1, -0.05) is 25.3 Å². The van der Waals surface area contributed by atoms with E-state index in [0.29, 0.717) is 6.42 Å². The van der Waals surface area contributed by atoms with Crippen molar-refractivity contribution in [2.45, 2.75) is 44.9 Å². The molecule has 0 heterocycles. The summed E-state index contributed by atoms with van der Waals surface area (Å²) in [7, 11) is 3.24. The molecule has 0 aliphatic heterocycles. The highest BCUT2D eigenvalue weighted by Crippen LogP contribution is 2.28. The smallest absolute Gasteiger partial charge is 0.372 e. The first kappa shape index (κ1) is 18.0. The van der Waals surface area contributed by atoms with E-state index in [0.717, 1.165) is 43.6 Å². The average molecular weight is 308 g/mol. The molecule has 1 aromatic carbocycles. The van der Waals surface area contributed by atoms with E-state index in [4.69, 9.17) is 14.6 Å². The van der Waals surface area contributed by atoms with Crippen molar-refractivity contribution in [1.82, 2.24) is 0 Å². The molecule has 0 saturated heterocycles. The summed E-state index contributed by atoms with van der Waals surface area (Å²) < 4.78 is 10.5. The van der Waals surface area contributed by atoms with Gasteiger partial charge in [-0.25, -0.2) is 4.79 Å². The maximum atomic E-state index is 10.9. The van der Waals surface area contributed by atoms with Gasteiger partial charge in [-0.15, -0.1) is 0 Å². The van der Waals surface area contributed by atoms with Crippen LogP contribution in [0, 0.1) is 0 Å². The van der Waals surface area contributed by atoms with E-state index in [1.165, 1.54) is 5.56 Å². The number of carbonyl (C=O) groups is 2. The first-order valence-electron chi connectivity index (χ1n) is 7.55. The zero-order valence-electron chi connectivity index (χ0n) is 13.3. The molecule has 0 bridgehead atoms. The largest absolute Gasteiger partial charge is 0.493 e. The molecule has 122 valence electrons. The minimum Gasteiger partial charge on any atom is -0.493 e. The van der Waals surface area contributed by atoms with Crippen LogP contribution in [-0.2, 0) is 16.0 Å². The molecular weight excluding hydrogens is 284 g/mol. The second kappa shape index (κ2) is 9.82. The average Bonchev–Trinajstić information content (AvgIpc) is 2.53. The van der Waals surface area contributed by atoms with Crippen LogP contribution >= 0.6 is 0 Å². The molecule has 5 heteroatoms. The fourth-order valence-corrected chi connectivity index (χ4v) is 2.29. The number of unbranched alkanes of at least 4 members (excludes halogenated alkanes) is 4. The van der Waals surface area contributed by atoms with Crippen molar-refractivity contribution < 1.29 is 24.2 Å². The summed E-state index contributed by atoms with van der Waals surface area (Å²) in [6, 6.07) is 5.93. The Morgan fingerprint density at radius 2 is 1.59 bits per heavy atom. The van der Waals surface area contributed by atoms with E-state index >= 15 is 0 Å². The van der Waals surface area contributed by atoms with E-state index in [9.17, 15) is 9.59 Å². The number of benzene rings is 1. The number of aliphatic carboxylic acids is 1. The third kappa shape index (κ3) is 6.16. The molecular formula is C17H24O5. The van der Waals surface area contributed by atoms with Crippen LogP contribution in [0.3, 0.4) is 0 Å². The maximum Gasteiger partial charge on any atom is 0.372 e. The van der Waals surface area contributed by atoms with Crippen molar-refractivity contribution in [1.29, 1.82) is 0 Å². The Labute approximate surface area is 131 Å². The molecule has 0 aromatic heterocycles. The molecule has 0 spiro atoms. The second-order valence-electron chi connectivity index (χ2n) is 5.19. The lowest BCUT2D eigenvalue weighted by molar-refractivity contribution is -0.149. The van der Waals surface area contributed by atoms with Gasteiger partial charge >= 0.3 is 5.97 Å². The number of carbonyl (C=O) groups excluding carboxylic acids is 1. The third-order valence-electron chi connectivity index (χ3n) is 3.56. The van der Waals surface area contributed by atoms with E-state index in [2.05, 4.69) is 0 Å². The minimum absolute atomic E-state index is 0.144. The highest BCUT2D eigenvalue weighted by atomic mass is 16.5. The van der Waals surface area contributed by atoms with Gasteiger partial charge < -0.3 is 14.6 Å². The van der Waals surface area contributed by atoms with Crippen molar-refractivity contribution in [3.8, 4) is 11.5 Å². The quantitative estimate of drug-likeness (QED) is 0.502. The Morgan fingerprint density at radius 3 is 2.23 bits per heavy atom. The highest BCUT2D eigenvalue weighted by molar-refractivity contribution is 6.32. The summed E-state index contributed by atoms with van der Waals surface area (Å²) in [4.78, 5) is 21.3. The molecule has 0 saturated carbocycles. The third-order valence-corrected chi connectivity index (χ3v) is 3.56. The molecule has 5 nitrogen and oxygen atoms in total. The van der Waals surface area contributed by atoms with Crippen molar-refractivity contribution in [3.63, 3.8) is 0 Å². The standard InChI is InChI=1S/C17H24O5/c1-21-15-11-10-13(12-16(15)22-2)8-6-4-3-5-7-9-14(18)17(19)20/h10-12H,3-9H2,1-2H3,(H,19,20). The summed E-state index contributed by atoms with van der Waals surface area (Å²) in [5.41, 5.74) is 1.21. The summed E-state index contributed by atoms with van der Waals surface area (Å²) in [5.74, 6) is -0.541. The first-order chi connectivity index (χ1) is 10.6. The maximum absolute atomic E-state index is 10.9. The van der Waals surface area contributed by atoms with Gasteiger partial charge in [-0.3, -0.25) is 4.79 Å². The number of aryl methyl sites for hydroxylation is 1. The Morgan fingerprint density at radius 1 is 0.955 bits per heavy atom. The summed E-state index contributed by atoms with van der Waals surface area (Å²) in [6.07, 6.45) is 5.80. The molecule has 22 heavy (non-hydrogen) atoms. The molecule has 1 N–H and O–H groups in total. The Kier molecular flexibility index (Phi) is 8.04. The van der Waals surface area contributed by atoms with Gasteiger partial charge in [0.1, 0.15) is 0 Å². The number of ketones is 1. The lowest BCUT2D eigenvalue weighted by Gasteiger charge is -2.09. The fourth-order valence-electron chi connectivity index (χ4n) is 2.29. The monoisotopic (exact) mass is 308 g/mol. The first-order valence-corrected chi connectivity index (χ1v) is 7.55. The molecule has 0 fully saturated rings. The summed E-state index contributed by atoms with van der Waals surface area (Å²) >= 11 is 0. The number of carboxylic acid groups (broad SMARTS) is 1. The number of ether oxygens (including phenoxy) is 2. The van der Waals surface area contributed by atoms with E-state index in [1.807, 2.05) is 18.2 Å². The van der Waals surface area contributed by atoms with E-state index in [1.54, 1.807) is 14.2 Å². The van der Waals surface area contributed by atoms with Crippen molar-refractivity contribution >= 4 is 11.8 Å². The molecule has 0 amide bonds. The zero-order chi connectivity index (χ0) is 16.4. The number of hydrogen-bond donors (Lipinski definition) is 1. The predicted octanol–water partition coefficient (Wildman–Crippen LogP) is 3.24. The highest BCUT2D eigenvalue weighted by Gasteiger charge is 2.09. The van der Waals surface area contributed by atoms with Crippen LogP contribution in [0.5, 0.6) is 11.5 Å². The van der Waals surface area contributed by atoms with Crippen LogP contribution in [0.25, 0.3) is 0 Å².